The maximum atomic E-state index is 11.9. The minimum Gasteiger partial charge on any atom is -0.497 e. The first-order valence-electron chi connectivity index (χ1n) is 9.62. The Hall–Kier alpha value is -3.04. The molecule has 0 atom stereocenters. The molecule has 2 heterocycles. The van der Waals surface area contributed by atoms with Crippen molar-refractivity contribution in [2.24, 2.45) is 0 Å². The molecule has 2 aromatic carbocycles. The summed E-state index contributed by atoms with van der Waals surface area (Å²) in [6, 6.07) is 15.0. The van der Waals surface area contributed by atoms with Crippen LogP contribution >= 0.6 is 23.4 Å². The van der Waals surface area contributed by atoms with E-state index < -0.39 is 4.92 Å². The molecule has 0 unspecified atom stereocenters. The van der Waals surface area contributed by atoms with Gasteiger partial charge in [0, 0.05) is 41.8 Å². The predicted octanol–water partition coefficient (Wildman–Crippen LogP) is 4.52. The van der Waals surface area contributed by atoms with Crippen LogP contribution in [0.4, 0.5) is 17.2 Å². The number of nitro groups is 1. The normalized spacial score (nSPS) is 13.9. The van der Waals surface area contributed by atoms with Gasteiger partial charge in [0.05, 0.1) is 12.0 Å². The zero-order valence-corrected chi connectivity index (χ0v) is 18.3. The summed E-state index contributed by atoms with van der Waals surface area (Å²) >= 11 is 7.16. The van der Waals surface area contributed by atoms with Gasteiger partial charge in [-0.25, -0.2) is 9.97 Å². The highest BCUT2D eigenvalue weighted by atomic mass is 35.5. The van der Waals surface area contributed by atoms with Crippen molar-refractivity contribution in [1.82, 2.24) is 9.97 Å². The van der Waals surface area contributed by atoms with Gasteiger partial charge in [-0.15, -0.1) is 0 Å². The van der Waals surface area contributed by atoms with E-state index in [4.69, 9.17) is 16.3 Å². The van der Waals surface area contributed by atoms with Crippen molar-refractivity contribution >= 4 is 40.6 Å². The number of methoxy groups -OCH3 is 1. The van der Waals surface area contributed by atoms with Crippen LogP contribution in [0.5, 0.6) is 5.75 Å². The fourth-order valence-electron chi connectivity index (χ4n) is 3.40. The molecule has 1 aliphatic heterocycles. The van der Waals surface area contributed by atoms with E-state index in [9.17, 15) is 10.1 Å². The second-order valence-corrected chi connectivity index (χ2v) is 8.33. The third kappa shape index (κ3) is 4.83. The molecular formula is C21H20ClN5O3S. The van der Waals surface area contributed by atoms with E-state index >= 15 is 0 Å². The lowest BCUT2D eigenvalue weighted by Gasteiger charge is -2.36. The molecule has 0 amide bonds. The van der Waals surface area contributed by atoms with E-state index in [1.54, 1.807) is 19.2 Å². The smallest absolute Gasteiger partial charge is 0.343 e. The second-order valence-electron chi connectivity index (χ2n) is 6.84. The molecule has 160 valence electrons. The van der Waals surface area contributed by atoms with Gasteiger partial charge in [-0.1, -0.05) is 23.4 Å². The van der Waals surface area contributed by atoms with E-state index in [-0.39, 0.29) is 5.69 Å². The van der Waals surface area contributed by atoms with E-state index in [0.717, 1.165) is 29.4 Å². The Kier molecular flexibility index (Phi) is 6.43. The van der Waals surface area contributed by atoms with Crippen LogP contribution in [0.15, 0.2) is 64.8 Å². The highest BCUT2D eigenvalue weighted by Gasteiger charge is 2.29. The average molecular weight is 458 g/mol. The lowest BCUT2D eigenvalue weighted by atomic mass is 10.2. The molecule has 1 saturated heterocycles. The summed E-state index contributed by atoms with van der Waals surface area (Å²) in [6.45, 7) is 2.70. The number of piperazine rings is 1. The summed E-state index contributed by atoms with van der Waals surface area (Å²) in [4.78, 5) is 25.0. The maximum Gasteiger partial charge on any atom is 0.343 e. The Labute approximate surface area is 189 Å². The molecule has 1 fully saturated rings. The average Bonchev–Trinajstić information content (AvgIpc) is 2.80. The third-order valence-corrected chi connectivity index (χ3v) is 6.25. The molecule has 0 bridgehead atoms. The predicted molar refractivity (Wildman–Crippen MR) is 122 cm³/mol. The monoisotopic (exact) mass is 457 g/mol. The van der Waals surface area contributed by atoms with E-state index in [2.05, 4.69) is 14.9 Å². The Morgan fingerprint density at radius 1 is 1.00 bits per heavy atom. The van der Waals surface area contributed by atoms with Crippen molar-refractivity contribution in [2.45, 2.75) is 9.92 Å². The molecule has 3 aromatic rings. The van der Waals surface area contributed by atoms with E-state index in [1.807, 2.05) is 41.3 Å². The molecular weight excluding hydrogens is 438 g/mol. The number of rotatable bonds is 6. The molecule has 0 N–H and O–H groups in total. The number of nitrogens with zero attached hydrogens (tertiary/aromatic N) is 5. The highest BCUT2D eigenvalue weighted by Crippen LogP contribution is 2.38. The summed E-state index contributed by atoms with van der Waals surface area (Å²) in [5, 5.41) is 12.8. The van der Waals surface area contributed by atoms with Gasteiger partial charge >= 0.3 is 5.69 Å². The number of anilines is 2. The van der Waals surface area contributed by atoms with Crippen molar-refractivity contribution in [2.75, 3.05) is 43.1 Å². The van der Waals surface area contributed by atoms with Crippen LogP contribution in [0.2, 0.25) is 5.02 Å². The number of hydrogen-bond donors (Lipinski definition) is 0. The van der Waals surface area contributed by atoms with Gasteiger partial charge < -0.3 is 14.5 Å². The summed E-state index contributed by atoms with van der Waals surface area (Å²) in [7, 11) is 1.64. The molecule has 10 heteroatoms. The fourth-order valence-corrected chi connectivity index (χ4v) is 4.39. The van der Waals surface area contributed by atoms with Crippen molar-refractivity contribution in [3.63, 3.8) is 0 Å². The van der Waals surface area contributed by atoms with Crippen molar-refractivity contribution < 1.29 is 9.66 Å². The molecule has 0 radical (unpaired) electrons. The minimum absolute atomic E-state index is 0.0691. The van der Waals surface area contributed by atoms with Crippen LogP contribution < -0.4 is 14.5 Å². The zero-order valence-electron chi connectivity index (χ0n) is 16.8. The molecule has 4 rings (SSSR count). The van der Waals surface area contributed by atoms with Crippen molar-refractivity contribution in [1.29, 1.82) is 0 Å². The van der Waals surface area contributed by atoms with E-state index in [0.29, 0.717) is 29.0 Å². The van der Waals surface area contributed by atoms with Crippen molar-refractivity contribution in [3.8, 4) is 5.75 Å². The van der Waals surface area contributed by atoms with Gasteiger partial charge in [-0.3, -0.25) is 10.1 Å². The van der Waals surface area contributed by atoms with Gasteiger partial charge in [0.15, 0.2) is 5.03 Å². The van der Waals surface area contributed by atoms with Crippen LogP contribution in [-0.4, -0.2) is 48.2 Å². The Balaban J connectivity index is 1.52. The number of ether oxygens (including phenoxy) is 1. The molecule has 31 heavy (non-hydrogen) atoms. The summed E-state index contributed by atoms with van der Waals surface area (Å²) in [5.41, 5.74) is 1.02. The SMILES string of the molecule is COc1ccc(N2CCN(c3ncnc(Sc4ccc(Cl)cc4)c3[N+](=O)[O-])CC2)cc1. The minimum atomic E-state index is -0.399. The van der Waals surface area contributed by atoms with Gasteiger partial charge in [0.2, 0.25) is 5.82 Å². The zero-order chi connectivity index (χ0) is 21.8. The molecule has 0 spiro atoms. The number of halogens is 1. The standard InChI is InChI=1S/C21H20ClN5O3S/c1-30-17-6-4-16(5-7-17)25-10-12-26(13-11-25)20-19(27(28)29)21(24-14-23-20)31-18-8-2-15(22)3-9-18/h2-9,14H,10-13H2,1H3. The molecule has 1 aliphatic rings. The second kappa shape index (κ2) is 9.40. The van der Waals surface area contributed by atoms with Crippen LogP contribution in [0.25, 0.3) is 0 Å². The number of hydrogen-bond acceptors (Lipinski definition) is 8. The van der Waals surface area contributed by atoms with Gasteiger partial charge in [-0.05, 0) is 48.5 Å². The molecule has 0 aliphatic carbocycles. The Morgan fingerprint density at radius 3 is 2.26 bits per heavy atom. The van der Waals surface area contributed by atoms with Crippen molar-refractivity contribution in [3.05, 3.63) is 70.0 Å². The van der Waals surface area contributed by atoms with Gasteiger partial charge in [0.1, 0.15) is 12.1 Å². The molecule has 0 saturated carbocycles. The van der Waals surface area contributed by atoms with Crippen LogP contribution in [-0.2, 0) is 0 Å². The van der Waals surface area contributed by atoms with E-state index in [1.165, 1.54) is 18.1 Å². The summed E-state index contributed by atoms with van der Waals surface area (Å²) in [5.74, 6) is 1.16. The Bertz CT molecular complexity index is 1060. The quantitative estimate of drug-likeness (QED) is 0.303. The topological polar surface area (TPSA) is 84.6 Å². The van der Waals surface area contributed by atoms with Gasteiger partial charge in [0.25, 0.3) is 0 Å². The van der Waals surface area contributed by atoms with Crippen LogP contribution in [0, 0.1) is 10.1 Å². The number of aromatic nitrogens is 2. The van der Waals surface area contributed by atoms with Crippen LogP contribution in [0.3, 0.4) is 0 Å². The maximum absolute atomic E-state index is 11.9. The first-order valence-corrected chi connectivity index (χ1v) is 10.8. The van der Waals surface area contributed by atoms with Crippen LogP contribution in [0.1, 0.15) is 0 Å². The number of benzene rings is 2. The third-order valence-electron chi connectivity index (χ3n) is 5.00. The molecule has 8 nitrogen and oxygen atoms in total. The summed E-state index contributed by atoms with van der Waals surface area (Å²) in [6.07, 6.45) is 1.39. The highest BCUT2D eigenvalue weighted by molar-refractivity contribution is 7.99. The summed E-state index contributed by atoms with van der Waals surface area (Å²) < 4.78 is 5.21. The first-order chi connectivity index (χ1) is 15.0. The Morgan fingerprint density at radius 2 is 1.65 bits per heavy atom. The van der Waals surface area contributed by atoms with Gasteiger partial charge in [-0.2, -0.15) is 0 Å². The first kappa shape index (κ1) is 21.2. The largest absolute Gasteiger partial charge is 0.497 e. The lowest BCUT2D eigenvalue weighted by Crippen LogP contribution is -2.47. The molecule has 1 aromatic heterocycles. The fraction of sp³-hybridized carbons (Fsp3) is 0.238. The lowest BCUT2D eigenvalue weighted by molar-refractivity contribution is -0.387.